The molecule has 0 bridgehead atoms. The van der Waals surface area contributed by atoms with E-state index in [0.29, 0.717) is 19.6 Å². The number of rotatable bonds is 8. The van der Waals surface area contributed by atoms with E-state index in [2.05, 4.69) is 6.92 Å². The summed E-state index contributed by atoms with van der Waals surface area (Å²) < 4.78 is 4.91. The van der Waals surface area contributed by atoms with Gasteiger partial charge in [0.15, 0.2) is 0 Å². The van der Waals surface area contributed by atoms with Gasteiger partial charge in [0.2, 0.25) is 0 Å². The molecule has 0 radical (unpaired) electrons. The lowest BCUT2D eigenvalue weighted by Gasteiger charge is -2.23. The second-order valence-corrected chi connectivity index (χ2v) is 3.47. The Balaban J connectivity index is 3.97. The van der Waals surface area contributed by atoms with Crippen molar-refractivity contribution in [3.63, 3.8) is 0 Å². The molecule has 14 heavy (non-hydrogen) atoms. The minimum atomic E-state index is -0.739. The summed E-state index contributed by atoms with van der Waals surface area (Å²) in [7, 11) is 3.45. The number of carboxylic acid groups (broad SMARTS) is 1. The van der Waals surface area contributed by atoms with Crippen molar-refractivity contribution in [3.05, 3.63) is 0 Å². The van der Waals surface area contributed by atoms with Crippen molar-refractivity contribution in [2.45, 2.75) is 32.2 Å². The summed E-state index contributed by atoms with van der Waals surface area (Å²) in [5, 5.41) is 8.99. The van der Waals surface area contributed by atoms with Gasteiger partial charge in [-0.05, 0) is 13.5 Å². The fourth-order valence-electron chi connectivity index (χ4n) is 1.32. The van der Waals surface area contributed by atoms with Gasteiger partial charge in [-0.2, -0.15) is 0 Å². The Morgan fingerprint density at radius 2 is 2.21 bits per heavy atom. The largest absolute Gasteiger partial charge is 0.480 e. The van der Waals surface area contributed by atoms with Gasteiger partial charge in [-0.25, -0.2) is 0 Å². The quantitative estimate of drug-likeness (QED) is 0.644. The van der Waals surface area contributed by atoms with E-state index in [4.69, 9.17) is 9.84 Å². The first-order chi connectivity index (χ1) is 6.63. The van der Waals surface area contributed by atoms with E-state index in [1.165, 1.54) is 0 Å². The van der Waals surface area contributed by atoms with Gasteiger partial charge in [-0.1, -0.05) is 19.8 Å². The lowest BCUT2D eigenvalue weighted by Crippen LogP contribution is -2.40. The minimum Gasteiger partial charge on any atom is -0.480 e. The van der Waals surface area contributed by atoms with Crippen molar-refractivity contribution in [2.24, 2.45) is 0 Å². The predicted molar refractivity (Wildman–Crippen MR) is 55.5 cm³/mol. The number of unbranched alkanes of at least 4 members (excludes halogenated alkanes) is 1. The van der Waals surface area contributed by atoms with Crippen LogP contribution in [0.5, 0.6) is 0 Å². The zero-order chi connectivity index (χ0) is 11.0. The Morgan fingerprint density at radius 1 is 1.57 bits per heavy atom. The fraction of sp³-hybridized carbons (Fsp3) is 0.900. The maximum atomic E-state index is 10.9. The smallest absolute Gasteiger partial charge is 0.320 e. The normalized spacial score (nSPS) is 13.1. The van der Waals surface area contributed by atoms with Crippen LogP contribution in [-0.2, 0) is 9.53 Å². The van der Waals surface area contributed by atoms with Gasteiger partial charge in [0.1, 0.15) is 6.04 Å². The monoisotopic (exact) mass is 203 g/mol. The zero-order valence-electron chi connectivity index (χ0n) is 9.32. The molecule has 84 valence electrons. The first-order valence-corrected chi connectivity index (χ1v) is 5.05. The number of nitrogens with zero attached hydrogens (tertiary/aromatic N) is 1. The lowest BCUT2D eigenvalue weighted by molar-refractivity contribution is -0.143. The zero-order valence-corrected chi connectivity index (χ0v) is 9.32. The Morgan fingerprint density at radius 3 is 2.64 bits per heavy atom. The third kappa shape index (κ3) is 5.19. The molecule has 0 rings (SSSR count). The van der Waals surface area contributed by atoms with Crippen LogP contribution in [0.4, 0.5) is 0 Å². The fourth-order valence-corrected chi connectivity index (χ4v) is 1.32. The number of hydrogen-bond donors (Lipinski definition) is 1. The Bertz CT molecular complexity index is 161. The lowest BCUT2D eigenvalue weighted by atomic mass is 10.1. The summed E-state index contributed by atoms with van der Waals surface area (Å²) in [5.74, 6) is -0.739. The summed E-state index contributed by atoms with van der Waals surface area (Å²) in [5.41, 5.74) is 0. The standard InChI is InChI=1S/C10H21NO3/c1-4-5-6-9(10(12)13)11(2)7-8-14-3/h9H,4-8H2,1-3H3,(H,12,13). The maximum Gasteiger partial charge on any atom is 0.320 e. The Hall–Kier alpha value is -0.610. The predicted octanol–water partition coefficient (Wildman–Crippen LogP) is 1.21. The topological polar surface area (TPSA) is 49.8 Å². The van der Waals surface area contributed by atoms with Gasteiger partial charge >= 0.3 is 5.97 Å². The van der Waals surface area contributed by atoms with E-state index >= 15 is 0 Å². The SMILES string of the molecule is CCCCC(C(=O)O)N(C)CCOC. The number of likely N-dealkylation sites (N-methyl/N-ethyl adjacent to an activating group) is 1. The third-order valence-electron chi connectivity index (χ3n) is 2.30. The third-order valence-corrected chi connectivity index (χ3v) is 2.30. The molecule has 4 nitrogen and oxygen atoms in total. The van der Waals surface area contributed by atoms with Gasteiger partial charge < -0.3 is 9.84 Å². The molecule has 0 saturated carbocycles. The van der Waals surface area contributed by atoms with Gasteiger partial charge in [-0.15, -0.1) is 0 Å². The molecular weight excluding hydrogens is 182 g/mol. The van der Waals surface area contributed by atoms with Crippen LogP contribution in [0.25, 0.3) is 0 Å². The number of aliphatic carboxylic acids is 1. The highest BCUT2D eigenvalue weighted by molar-refractivity contribution is 5.73. The summed E-state index contributed by atoms with van der Waals surface area (Å²) in [6, 6.07) is -0.370. The van der Waals surface area contributed by atoms with E-state index in [9.17, 15) is 4.79 Å². The number of methoxy groups -OCH3 is 1. The molecule has 0 aromatic heterocycles. The van der Waals surface area contributed by atoms with Crippen LogP contribution in [-0.4, -0.2) is 49.3 Å². The molecule has 0 fully saturated rings. The van der Waals surface area contributed by atoms with Crippen LogP contribution < -0.4 is 0 Å². The molecule has 0 saturated heterocycles. The number of carbonyl (C=O) groups is 1. The highest BCUT2D eigenvalue weighted by Crippen LogP contribution is 2.07. The van der Waals surface area contributed by atoms with Gasteiger partial charge in [0.05, 0.1) is 6.61 Å². The molecular formula is C10H21NO3. The molecule has 0 heterocycles. The molecule has 0 amide bonds. The van der Waals surface area contributed by atoms with Crippen molar-refractivity contribution in [3.8, 4) is 0 Å². The van der Waals surface area contributed by atoms with Crippen molar-refractivity contribution >= 4 is 5.97 Å². The number of hydrogen-bond acceptors (Lipinski definition) is 3. The summed E-state index contributed by atoms with van der Waals surface area (Å²) in [6.45, 7) is 3.30. The van der Waals surface area contributed by atoms with E-state index in [1.807, 2.05) is 11.9 Å². The van der Waals surface area contributed by atoms with Crippen molar-refractivity contribution in [2.75, 3.05) is 27.3 Å². The van der Waals surface area contributed by atoms with Crippen LogP contribution in [0.15, 0.2) is 0 Å². The molecule has 0 aliphatic carbocycles. The van der Waals surface area contributed by atoms with E-state index < -0.39 is 5.97 Å². The molecule has 0 aromatic rings. The second-order valence-electron chi connectivity index (χ2n) is 3.47. The van der Waals surface area contributed by atoms with Crippen LogP contribution in [0.2, 0.25) is 0 Å². The molecule has 0 spiro atoms. The van der Waals surface area contributed by atoms with Crippen LogP contribution >= 0.6 is 0 Å². The highest BCUT2D eigenvalue weighted by atomic mass is 16.5. The van der Waals surface area contributed by atoms with Crippen molar-refractivity contribution in [1.82, 2.24) is 4.90 Å². The minimum absolute atomic E-state index is 0.370. The molecule has 4 heteroatoms. The van der Waals surface area contributed by atoms with Crippen LogP contribution in [0.3, 0.4) is 0 Å². The molecule has 0 aliphatic heterocycles. The summed E-state index contributed by atoms with van der Waals surface area (Å²) >= 11 is 0. The molecule has 1 N–H and O–H groups in total. The molecule has 1 unspecified atom stereocenters. The molecule has 1 atom stereocenters. The van der Waals surface area contributed by atoms with Crippen molar-refractivity contribution in [1.29, 1.82) is 0 Å². The first-order valence-electron chi connectivity index (χ1n) is 5.05. The van der Waals surface area contributed by atoms with E-state index in [0.717, 1.165) is 12.8 Å². The number of ether oxygens (including phenoxy) is 1. The molecule has 0 aromatic carbocycles. The average Bonchev–Trinajstić information content (AvgIpc) is 2.14. The maximum absolute atomic E-state index is 10.9. The molecule has 0 aliphatic rings. The average molecular weight is 203 g/mol. The summed E-state index contributed by atoms with van der Waals surface area (Å²) in [4.78, 5) is 12.8. The van der Waals surface area contributed by atoms with Crippen molar-refractivity contribution < 1.29 is 14.6 Å². The highest BCUT2D eigenvalue weighted by Gasteiger charge is 2.21. The Labute approximate surface area is 85.9 Å². The van der Waals surface area contributed by atoms with Gasteiger partial charge in [0, 0.05) is 13.7 Å². The van der Waals surface area contributed by atoms with Crippen LogP contribution in [0.1, 0.15) is 26.2 Å². The van der Waals surface area contributed by atoms with E-state index in [1.54, 1.807) is 7.11 Å². The van der Waals surface area contributed by atoms with Gasteiger partial charge in [0.25, 0.3) is 0 Å². The first kappa shape index (κ1) is 13.4. The Kier molecular flexibility index (Phi) is 7.42. The number of carboxylic acids is 1. The van der Waals surface area contributed by atoms with Gasteiger partial charge in [-0.3, -0.25) is 9.69 Å². The van der Waals surface area contributed by atoms with E-state index in [-0.39, 0.29) is 6.04 Å². The summed E-state index contributed by atoms with van der Waals surface area (Å²) in [6.07, 6.45) is 2.70. The van der Waals surface area contributed by atoms with Crippen LogP contribution in [0, 0.1) is 0 Å². The second kappa shape index (κ2) is 7.76.